The Bertz CT molecular complexity index is 4170. The minimum atomic E-state index is -0.521. The Morgan fingerprint density at radius 3 is 0.878 bits per heavy atom. The second-order valence-corrected chi connectivity index (χ2v) is 22.6. The lowest BCUT2D eigenvalue weighted by atomic mass is 10.0. The summed E-state index contributed by atoms with van der Waals surface area (Å²) in [4.78, 5) is 101. The van der Waals surface area contributed by atoms with Crippen molar-refractivity contribution in [2.45, 2.75) is 112 Å². The number of unbranched alkanes of at least 4 members (excludes halogenated alkanes) is 1. The van der Waals surface area contributed by atoms with Crippen molar-refractivity contribution < 1.29 is 84.3 Å². The summed E-state index contributed by atoms with van der Waals surface area (Å²) in [6, 6.07) is 26.4. The third kappa shape index (κ3) is 18.9. The first-order valence-corrected chi connectivity index (χ1v) is 32.0. The lowest BCUT2D eigenvalue weighted by Crippen LogP contribution is -2.18. The molecule has 3 unspecified atom stereocenters. The van der Waals surface area contributed by atoms with E-state index in [4.69, 9.17) is 70.5 Å². The average molecular weight is 1340 g/mol. The lowest BCUT2D eigenvalue weighted by Gasteiger charge is -2.09. The van der Waals surface area contributed by atoms with Crippen LogP contribution in [0.4, 0.5) is 0 Å². The van der Waals surface area contributed by atoms with Gasteiger partial charge in [0, 0.05) is 69.3 Å². The van der Waals surface area contributed by atoms with Crippen molar-refractivity contribution in [2.24, 2.45) is 17.8 Å². The summed E-state index contributed by atoms with van der Waals surface area (Å²) in [5, 5.41) is 25.4. The SMILES string of the molecule is CCC(C)C(=O)OCCCCOC(=O)CCc1nc(-c2cccc(-c3noc(-c4cc(-c5nc(-c6cccc(-c7noc(CCC(=O)OCCOC(=O)C(C)CC)n7)c6)no5)cc(-c5nc(-c6cccc(-c7noc(CCC(=O)OCCOC(=O)C(C)CC)n7)c6)no5)c4)n3)c2)no1. The molecule has 10 rings (SSSR count). The zero-order valence-electron chi connectivity index (χ0n) is 54.6. The number of nitrogens with zero attached hydrogens (tertiary/aromatic N) is 12. The van der Waals surface area contributed by atoms with Crippen molar-refractivity contribution in [1.82, 2.24) is 60.8 Å². The Kier molecular flexibility index (Phi) is 23.9. The molecule has 0 aliphatic carbocycles. The second-order valence-electron chi connectivity index (χ2n) is 22.6. The normalized spacial score (nSPS) is 12.2. The highest BCUT2D eigenvalue weighted by Gasteiger charge is 2.24. The van der Waals surface area contributed by atoms with Gasteiger partial charge in [0.2, 0.25) is 52.6 Å². The fourth-order valence-electron chi connectivity index (χ4n) is 9.11. The molecule has 0 aliphatic rings. The van der Waals surface area contributed by atoms with Gasteiger partial charge >= 0.3 is 35.8 Å². The monoisotopic (exact) mass is 1340 g/mol. The number of carbonyl (C=O) groups excluding carboxylic acids is 6. The Hall–Kier alpha value is -11.5. The van der Waals surface area contributed by atoms with E-state index in [1.54, 1.807) is 105 Å². The first kappa shape index (κ1) is 69.4. The Morgan fingerprint density at radius 2 is 0.571 bits per heavy atom. The highest BCUT2D eigenvalue weighted by molar-refractivity contribution is 5.78. The standard InChI is InChI=1S/C68H70N12O18/c1-7-39(4)66(84)90-28-11-10-27-87-54(81)24-21-51-69-57(75-93-51)42-15-12-18-45(33-42)60-72-63(96-78-60)48-36-49(64-73-61(79-97-64)46-19-13-16-43(34-46)58-70-52(94-76-58)22-25-55(82)88-29-31-91-67(85)40(5)8-2)38-50(37-48)65-74-62(80-98-65)47-20-14-17-44(35-47)59-71-53(95-77-59)23-26-56(83)89-30-32-92-68(86)41(6)9-3/h12-20,33-41H,7-11,21-32H2,1-6H3. The maximum Gasteiger partial charge on any atom is 0.308 e. The molecule has 4 aromatic carbocycles. The van der Waals surface area contributed by atoms with Crippen LogP contribution < -0.4 is 0 Å². The van der Waals surface area contributed by atoms with Crippen LogP contribution in [-0.4, -0.2) is 136 Å². The van der Waals surface area contributed by atoms with Crippen molar-refractivity contribution in [3.63, 3.8) is 0 Å². The van der Waals surface area contributed by atoms with Gasteiger partial charge in [-0.15, -0.1) is 0 Å². The van der Waals surface area contributed by atoms with E-state index in [0.29, 0.717) is 82.2 Å². The number of rotatable bonds is 35. The van der Waals surface area contributed by atoms with Crippen molar-refractivity contribution in [2.75, 3.05) is 39.6 Å². The fourth-order valence-corrected chi connectivity index (χ4v) is 9.11. The molecule has 510 valence electrons. The number of hydrogen-bond donors (Lipinski definition) is 0. The van der Waals surface area contributed by atoms with Gasteiger partial charge in [-0.2, -0.15) is 29.9 Å². The molecule has 98 heavy (non-hydrogen) atoms. The number of benzene rings is 4. The summed E-state index contributed by atoms with van der Waals surface area (Å²) in [7, 11) is 0. The van der Waals surface area contributed by atoms with Crippen LogP contribution in [0.3, 0.4) is 0 Å². The second kappa shape index (κ2) is 33.8. The summed E-state index contributed by atoms with van der Waals surface area (Å²) >= 11 is 0. The van der Waals surface area contributed by atoms with Crippen molar-refractivity contribution in [1.29, 1.82) is 0 Å². The van der Waals surface area contributed by atoms with Crippen molar-refractivity contribution >= 4 is 35.8 Å². The van der Waals surface area contributed by atoms with E-state index >= 15 is 0 Å². The third-order valence-corrected chi connectivity index (χ3v) is 15.4. The van der Waals surface area contributed by atoms with Crippen LogP contribution in [0.1, 0.15) is 111 Å². The van der Waals surface area contributed by atoms with Gasteiger partial charge in [0.25, 0.3) is 17.7 Å². The molecule has 0 amide bonds. The van der Waals surface area contributed by atoms with Gasteiger partial charge in [-0.1, -0.05) is 127 Å². The lowest BCUT2D eigenvalue weighted by molar-refractivity contribution is -0.154. The summed E-state index contributed by atoms with van der Waals surface area (Å²) in [5.74, 6) is -0.818. The van der Waals surface area contributed by atoms with E-state index in [-0.39, 0.29) is 184 Å². The first-order chi connectivity index (χ1) is 47.6. The molecule has 30 nitrogen and oxygen atoms in total. The maximum atomic E-state index is 12.5. The Balaban J connectivity index is 0.839. The number of aromatic nitrogens is 12. The third-order valence-electron chi connectivity index (χ3n) is 15.4. The van der Waals surface area contributed by atoms with Crippen LogP contribution >= 0.6 is 0 Å². The quantitative estimate of drug-likeness (QED) is 0.0202. The molecule has 10 aromatic rings. The van der Waals surface area contributed by atoms with Crippen LogP contribution in [0.15, 0.2) is 118 Å². The van der Waals surface area contributed by atoms with Crippen LogP contribution in [0.25, 0.3) is 103 Å². The largest absolute Gasteiger partial charge is 0.466 e. The smallest absolute Gasteiger partial charge is 0.308 e. The van der Waals surface area contributed by atoms with Gasteiger partial charge in [0.15, 0.2) is 0 Å². The van der Waals surface area contributed by atoms with Gasteiger partial charge in [0.05, 0.1) is 50.2 Å². The fraction of sp³-hybridized carbons (Fsp3) is 0.382. The molecule has 0 saturated carbocycles. The zero-order valence-corrected chi connectivity index (χ0v) is 54.6. The molecular weight excluding hydrogens is 1270 g/mol. The molecular formula is C68H70N12O18. The van der Waals surface area contributed by atoms with Crippen molar-refractivity contribution in [3.05, 3.63) is 109 Å². The van der Waals surface area contributed by atoms with Crippen LogP contribution in [0, 0.1) is 17.8 Å². The van der Waals surface area contributed by atoms with E-state index < -0.39 is 17.9 Å². The highest BCUT2D eigenvalue weighted by atomic mass is 16.6. The molecule has 6 aromatic heterocycles. The van der Waals surface area contributed by atoms with Crippen LogP contribution in [0.5, 0.6) is 0 Å². The highest BCUT2D eigenvalue weighted by Crippen LogP contribution is 2.35. The number of carbonyl (C=O) groups is 6. The molecule has 0 radical (unpaired) electrons. The van der Waals surface area contributed by atoms with E-state index in [1.165, 1.54) is 0 Å². The zero-order chi connectivity index (χ0) is 68.9. The number of ether oxygens (including phenoxy) is 6. The van der Waals surface area contributed by atoms with E-state index in [9.17, 15) is 28.8 Å². The molecule has 3 atom stereocenters. The van der Waals surface area contributed by atoms with Gasteiger partial charge in [-0.3, -0.25) is 28.8 Å². The number of aryl methyl sites for hydroxylation is 3. The molecule has 0 N–H and O–H groups in total. The first-order valence-electron chi connectivity index (χ1n) is 32.0. The topological polar surface area (TPSA) is 391 Å². The predicted octanol–water partition coefficient (Wildman–Crippen LogP) is 11.0. The molecule has 30 heteroatoms. The minimum Gasteiger partial charge on any atom is -0.466 e. The molecule has 6 heterocycles. The van der Waals surface area contributed by atoms with E-state index in [2.05, 4.69) is 45.9 Å². The van der Waals surface area contributed by atoms with Gasteiger partial charge < -0.3 is 55.6 Å². The van der Waals surface area contributed by atoms with Gasteiger partial charge in [-0.05, 0) is 68.5 Å². The molecule has 0 fully saturated rings. The van der Waals surface area contributed by atoms with E-state index in [1.807, 2.05) is 27.7 Å². The molecule has 0 bridgehead atoms. The van der Waals surface area contributed by atoms with Crippen molar-refractivity contribution in [3.8, 4) is 103 Å². The van der Waals surface area contributed by atoms with Gasteiger partial charge in [-0.25, -0.2) is 0 Å². The Labute approximate surface area is 559 Å². The predicted molar refractivity (Wildman–Crippen MR) is 341 cm³/mol. The van der Waals surface area contributed by atoms with Gasteiger partial charge in [0.1, 0.15) is 26.4 Å². The summed E-state index contributed by atoms with van der Waals surface area (Å²) in [5.41, 5.74) is 4.49. The maximum absolute atomic E-state index is 12.5. The minimum absolute atomic E-state index is 0.0123. The van der Waals surface area contributed by atoms with Crippen LogP contribution in [0.2, 0.25) is 0 Å². The van der Waals surface area contributed by atoms with Crippen LogP contribution in [-0.2, 0) is 76.5 Å². The molecule has 0 spiro atoms. The summed E-state index contributed by atoms with van der Waals surface area (Å²) < 4.78 is 65.5. The molecule has 0 aliphatic heterocycles. The average Bonchev–Trinajstić information content (AvgIpc) is 1.65. The van der Waals surface area contributed by atoms with E-state index in [0.717, 1.165) is 0 Å². The Morgan fingerprint density at radius 1 is 0.327 bits per heavy atom. The number of hydrogen-bond acceptors (Lipinski definition) is 30. The number of esters is 6. The summed E-state index contributed by atoms with van der Waals surface area (Å²) in [6.45, 7) is 11.2. The molecule has 0 saturated heterocycles. The summed E-state index contributed by atoms with van der Waals surface area (Å²) in [6.07, 6.45) is 3.37.